The first-order chi connectivity index (χ1) is 9.64. The molecule has 2 aromatic carbocycles. The first-order valence-corrected chi connectivity index (χ1v) is 5.46. The second-order valence-corrected chi connectivity index (χ2v) is 3.59. The van der Waals surface area contributed by atoms with Gasteiger partial charge in [-0.05, 0) is 24.3 Å². The lowest BCUT2D eigenvalue weighted by Crippen LogP contribution is -1.92. The van der Waals surface area contributed by atoms with Crippen LogP contribution in [0.2, 0.25) is 0 Å². The van der Waals surface area contributed by atoms with E-state index in [0.29, 0.717) is 18.3 Å². The highest BCUT2D eigenvalue weighted by atomic mass is 16.7. The number of fused-ring (bicyclic) bond motifs is 2. The van der Waals surface area contributed by atoms with Crippen molar-refractivity contribution in [2.45, 2.75) is 0 Å². The molecule has 2 aromatic rings. The van der Waals surface area contributed by atoms with E-state index in [4.69, 9.17) is 21.7 Å². The van der Waals surface area contributed by atoms with Crippen molar-refractivity contribution in [2.24, 2.45) is 0 Å². The Morgan fingerprint density at radius 2 is 1.06 bits per heavy atom. The maximum absolute atomic E-state index is 7.09. The van der Waals surface area contributed by atoms with Crippen LogP contribution in [0, 0.1) is 0 Å². The van der Waals surface area contributed by atoms with Crippen molar-refractivity contribution in [3.63, 3.8) is 0 Å². The summed E-state index contributed by atoms with van der Waals surface area (Å²) in [7, 11) is 0. The van der Waals surface area contributed by atoms with Gasteiger partial charge in [-0.3, -0.25) is 0 Å². The van der Waals surface area contributed by atoms with Crippen LogP contribution in [-0.4, -0.2) is 13.5 Å². The monoisotopic (exact) mass is 246 g/mol. The lowest BCUT2D eigenvalue weighted by atomic mass is 10.3. The van der Waals surface area contributed by atoms with E-state index in [1.807, 2.05) is 24.3 Å². The number of hydrogen-bond donors (Lipinski definition) is 0. The third kappa shape index (κ3) is 2.18. The molecule has 92 valence electrons. The molecule has 0 bridgehead atoms. The fourth-order valence-electron chi connectivity index (χ4n) is 1.57. The van der Waals surface area contributed by atoms with E-state index in [9.17, 15) is 0 Å². The van der Waals surface area contributed by atoms with Crippen molar-refractivity contribution in [1.29, 1.82) is 0 Å². The minimum absolute atomic E-state index is 0.360. The SMILES string of the molecule is [2H]C1([2H])Oc2ccccc2O1.c1ccc2c(c1)OCO2. The molecule has 0 radical (unpaired) electrons. The Morgan fingerprint density at radius 3 is 1.50 bits per heavy atom. The van der Waals surface area contributed by atoms with Gasteiger partial charge in [-0.1, -0.05) is 24.3 Å². The highest BCUT2D eigenvalue weighted by Gasteiger charge is 2.10. The lowest BCUT2D eigenvalue weighted by Gasteiger charge is -1.89. The summed E-state index contributed by atoms with van der Waals surface area (Å²) in [5.74, 6) is 2.60. The molecule has 0 aliphatic carbocycles. The first kappa shape index (κ1) is 8.69. The summed E-state index contributed by atoms with van der Waals surface area (Å²) in [6.07, 6.45) is 0. The molecular formula is C14H12O4. The molecule has 4 heteroatoms. The summed E-state index contributed by atoms with van der Waals surface area (Å²) in [5.41, 5.74) is 0. The Kier molecular flexibility index (Phi) is 2.35. The van der Waals surface area contributed by atoms with Crippen LogP contribution in [0.15, 0.2) is 48.5 Å². The number of ether oxygens (including phenoxy) is 4. The Labute approximate surface area is 107 Å². The van der Waals surface area contributed by atoms with Gasteiger partial charge in [-0.25, -0.2) is 0 Å². The molecule has 0 aromatic heterocycles. The van der Waals surface area contributed by atoms with Crippen LogP contribution in [0.25, 0.3) is 0 Å². The van der Waals surface area contributed by atoms with Gasteiger partial charge in [0.15, 0.2) is 23.0 Å². The van der Waals surface area contributed by atoms with Crippen molar-refractivity contribution in [3.8, 4) is 23.0 Å². The molecule has 0 saturated carbocycles. The normalized spacial score (nSPS) is 18.2. The van der Waals surface area contributed by atoms with Gasteiger partial charge in [-0.2, -0.15) is 0 Å². The standard InChI is InChI=1S/2C7H6O2/c2*1-2-4-7-6(3-1)8-5-9-7/h2*1-4H,5H2/i5D2;. The van der Waals surface area contributed by atoms with E-state index in [1.165, 1.54) is 0 Å². The minimum Gasteiger partial charge on any atom is -0.454 e. The third-order valence-electron chi connectivity index (χ3n) is 2.43. The molecule has 0 fully saturated rings. The predicted molar refractivity (Wildman–Crippen MR) is 65.1 cm³/mol. The Hall–Kier alpha value is -2.36. The second kappa shape index (κ2) is 4.87. The van der Waals surface area contributed by atoms with Crippen molar-refractivity contribution < 1.29 is 21.7 Å². The van der Waals surface area contributed by atoms with Gasteiger partial charge >= 0.3 is 0 Å². The average molecular weight is 246 g/mol. The summed E-state index contributed by atoms with van der Waals surface area (Å²) in [6, 6.07) is 14.5. The Morgan fingerprint density at radius 1 is 0.667 bits per heavy atom. The molecule has 0 atom stereocenters. The molecular weight excluding hydrogens is 232 g/mol. The van der Waals surface area contributed by atoms with Gasteiger partial charge < -0.3 is 18.9 Å². The molecule has 2 aliphatic rings. The van der Waals surface area contributed by atoms with Gasteiger partial charge in [0.25, 0.3) is 0 Å². The highest BCUT2D eigenvalue weighted by Crippen LogP contribution is 2.30. The van der Waals surface area contributed by atoms with E-state index in [-0.39, 0.29) is 0 Å². The fourth-order valence-corrected chi connectivity index (χ4v) is 1.57. The second-order valence-electron chi connectivity index (χ2n) is 3.59. The van der Waals surface area contributed by atoms with Crippen LogP contribution in [0.1, 0.15) is 2.74 Å². The van der Waals surface area contributed by atoms with Crippen LogP contribution in [-0.2, 0) is 0 Å². The molecule has 0 N–H and O–H groups in total. The zero-order valence-electron chi connectivity index (χ0n) is 11.5. The average Bonchev–Trinajstić information content (AvgIpc) is 3.00. The summed E-state index contributed by atoms with van der Waals surface area (Å²) < 4.78 is 34.0. The Bertz CT molecular complexity index is 566. The van der Waals surface area contributed by atoms with Crippen molar-refractivity contribution in [1.82, 2.24) is 0 Å². The van der Waals surface area contributed by atoms with E-state index in [2.05, 4.69) is 0 Å². The minimum atomic E-state index is -2.00. The van der Waals surface area contributed by atoms with Gasteiger partial charge in [0.1, 0.15) is 2.74 Å². The van der Waals surface area contributed by atoms with Gasteiger partial charge in [0.05, 0.1) is 0 Å². The van der Waals surface area contributed by atoms with Crippen molar-refractivity contribution >= 4 is 0 Å². The molecule has 18 heavy (non-hydrogen) atoms. The maximum atomic E-state index is 7.09. The quantitative estimate of drug-likeness (QED) is 0.716. The van der Waals surface area contributed by atoms with Crippen LogP contribution >= 0.6 is 0 Å². The largest absolute Gasteiger partial charge is 0.454 e. The molecule has 2 aliphatic heterocycles. The molecule has 4 nitrogen and oxygen atoms in total. The number of rotatable bonds is 0. The summed E-state index contributed by atoms with van der Waals surface area (Å²) in [6.45, 7) is -1.64. The summed E-state index contributed by atoms with van der Waals surface area (Å²) in [4.78, 5) is 0. The van der Waals surface area contributed by atoms with Gasteiger partial charge in [0.2, 0.25) is 13.5 Å². The molecule has 2 heterocycles. The van der Waals surface area contributed by atoms with Gasteiger partial charge in [0, 0.05) is 0 Å². The highest BCUT2D eigenvalue weighted by molar-refractivity contribution is 5.41. The molecule has 0 amide bonds. The molecule has 0 unspecified atom stereocenters. The van der Waals surface area contributed by atoms with Crippen LogP contribution < -0.4 is 18.9 Å². The zero-order valence-corrected chi connectivity index (χ0v) is 9.46. The lowest BCUT2D eigenvalue weighted by molar-refractivity contribution is 0.173. The Balaban J connectivity index is 0.000000123. The van der Waals surface area contributed by atoms with E-state index < -0.39 is 6.75 Å². The predicted octanol–water partition coefficient (Wildman–Crippen LogP) is 2.83. The van der Waals surface area contributed by atoms with Gasteiger partial charge in [-0.15, -0.1) is 0 Å². The van der Waals surface area contributed by atoms with Crippen LogP contribution in [0.3, 0.4) is 0 Å². The van der Waals surface area contributed by atoms with Crippen molar-refractivity contribution in [3.05, 3.63) is 48.5 Å². The number of para-hydroxylation sites is 4. The molecule has 4 rings (SSSR count). The van der Waals surface area contributed by atoms with E-state index in [1.54, 1.807) is 24.3 Å². The maximum Gasteiger partial charge on any atom is 0.231 e. The van der Waals surface area contributed by atoms with Crippen LogP contribution in [0.5, 0.6) is 23.0 Å². The topological polar surface area (TPSA) is 36.9 Å². The van der Waals surface area contributed by atoms with E-state index >= 15 is 0 Å². The fraction of sp³-hybridized carbons (Fsp3) is 0.143. The number of benzene rings is 2. The van der Waals surface area contributed by atoms with E-state index in [0.717, 1.165) is 11.5 Å². The summed E-state index contributed by atoms with van der Waals surface area (Å²) >= 11 is 0. The van der Waals surface area contributed by atoms with Crippen molar-refractivity contribution in [2.75, 3.05) is 13.5 Å². The zero-order chi connectivity index (χ0) is 14.0. The number of hydrogen-bond acceptors (Lipinski definition) is 4. The molecule has 0 spiro atoms. The van der Waals surface area contributed by atoms with Crippen LogP contribution in [0.4, 0.5) is 0 Å². The third-order valence-corrected chi connectivity index (χ3v) is 2.43. The summed E-state index contributed by atoms with van der Waals surface area (Å²) in [5, 5.41) is 0. The first-order valence-electron chi connectivity index (χ1n) is 6.46. The smallest absolute Gasteiger partial charge is 0.231 e. The molecule has 0 saturated heterocycles.